The van der Waals surface area contributed by atoms with Gasteiger partial charge in [-0.05, 0) is 60.2 Å². The molecular formula is C27H18N6O2S. The Morgan fingerprint density at radius 3 is 2.28 bits per heavy atom. The molecule has 0 saturated heterocycles. The van der Waals surface area contributed by atoms with Crippen LogP contribution >= 0.6 is 12.2 Å². The van der Waals surface area contributed by atoms with E-state index >= 15 is 0 Å². The molecule has 4 heterocycles. The predicted molar refractivity (Wildman–Crippen MR) is 143 cm³/mol. The standard InChI is InChI=1S/C27H18N6O2S/c36-27(30-13-15-5-8-21-22(11-15)35-14-34-21)31-16-6-7-19-20(12-16)33-26-24-18(4-2-10-29-24)17-3-1-9-28-23(17)25(26)32-19/h1-12H,13-14H2,(H2,30,31,36). The first-order valence-electron chi connectivity index (χ1n) is 11.4. The third-order valence-corrected chi connectivity index (χ3v) is 6.41. The number of hydrogen-bond acceptors (Lipinski definition) is 7. The number of thiocarbonyl (C=S) groups is 1. The Morgan fingerprint density at radius 2 is 1.50 bits per heavy atom. The van der Waals surface area contributed by atoms with Gasteiger partial charge in [-0.2, -0.15) is 0 Å². The second kappa shape index (κ2) is 8.24. The van der Waals surface area contributed by atoms with Crippen molar-refractivity contribution in [3.63, 3.8) is 0 Å². The van der Waals surface area contributed by atoms with Crippen LogP contribution in [0.3, 0.4) is 0 Å². The molecule has 7 rings (SSSR count). The third-order valence-electron chi connectivity index (χ3n) is 6.17. The average molecular weight is 491 g/mol. The summed E-state index contributed by atoms with van der Waals surface area (Å²) < 4.78 is 10.8. The molecule has 6 aromatic rings. The highest BCUT2D eigenvalue weighted by Gasteiger charge is 2.15. The van der Waals surface area contributed by atoms with Gasteiger partial charge in [0.1, 0.15) is 11.0 Å². The van der Waals surface area contributed by atoms with Gasteiger partial charge in [0.15, 0.2) is 16.6 Å². The minimum absolute atomic E-state index is 0.255. The molecule has 0 aliphatic carbocycles. The molecular weight excluding hydrogens is 472 g/mol. The van der Waals surface area contributed by atoms with E-state index in [0.717, 1.165) is 66.6 Å². The highest BCUT2D eigenvalue weighted by atomic mass is 32.1. The van der Waals surface area contributed by atoms with Crippen LogP contribution in [0.2, 0.25) is 0 Å². The summed E-state index contributed by atoms with van der Waals surface area (Å²) in [5, 5.41) is 8.99. The maximum atomic E-state index is 5.52. The van der Waals surface area contributed by atoms with Crippen LogP contribution in [0.1, 0.15) is 5.56 Å². The Hall–Kier alpha value is -4.63. The lowest BCUT2D eigenvalue weighted by Crippen LogP contribution is -2.27. The topological polar surface area (TPSA) is 94.1 Å². The molecule has 0 spiro atoms. The first-order chi connectivity index (χ1) is 17.7. The number of fused-ring (bicyclic) bond motifs is 8. The Labute approximate surface area is 210 Å². The molecule has 0 amide bonds. The smallest absolute Gasteiger partial charge is 0.231 e. The van der Waals surface area contributed by atoms with E-state index in [1.54, 1.807) is 12.4 Å². The fourth-order valence-electron chi connectivity index (χ4n) is 4.49. The maximum absolute atomic E-state index is 5.52. The number of benzene rings is 3. The summed E-state index contributed by atoms with van der Waals surface area (Å²) in [5.74, 6) is 1.51. The van der Waals surface area contributed by atoms with Gasteiger partial charge >= 0.3 is 0 Å². The lowest BCUT2D eigenvalue weighted by atomic mass is 10.1. The second-order valence-electron chi connectivity index (χ2n) is 8.42. The van der Waals surface area contributed by atoms with E-state index < -0.39 is 0 Å². The van der Waals surface area contributed by atoms with Crippen molar-refractivity contribution in [3.8, 4) is 11.5 Å². The number of ether oxygens (including phenoxy) is 2. The first kappa shape index (κ1) is 20.7. The molecule has 1 aliphatic heterocycles. The Balaban J connectivity index is 1.20. The van der Waals surface area contributed by atoms with Gasteiger partial charge in [0.25, 0.3) is 0 Å². The predicted octanol–water partition coefficient (Wildman–Crippen LogP) is 5.09. The zero-order valence-electron chi connectivity index (χ0n) is 18.9. The highest BCUT2D eigenvalue weighted by molar-refractivity contribution is 7.80. The molecule has 8 nitrogen and oxygen atoms in total. The SMILES string of the molecule is S=C(NCc1ccc2c(c1)OCO2)Nc1ccc2nc3c4ncccc4c4cccnc4c3nc2c1. The molecule has 3 aromatic heterocycles. The second-order valence-corrected chi connectivity index (χ2v) is 8.83. The summed E-state index contributed by atoms with van der Waals surface area (Å²) in [6.45, 7) is 0.809. The minimum Gasteiger partial charge on any atom is -0.454 e. The molecule has 0 bridgehead atoms. The van der Waals surface area contributed by atoms with E-state index in [-0.39, 0.29) is 6.79 Å². The summed E-state index contributed by atoms with van der Waals surface area (Å²) in [6, 6.07) is 19.6. The van der Waals surface area contributed by atoms with Gasteiger partial charge in [-0.3, -0.25) is 9.97 Å². The number of aromatic nitrogens is 4. The first-order valence-corrected chi connectivity index (χ1v) is 11.8. The summed E-state index contributed by atoms with van der Waals surface area (Å²) in [5.41, 5.74) is 6.47. The van der Waals surface area contributed by atoms with Crippen LogP contribution in [0.25, 0.3) is 43.9 Å². The van der Waals surface area contributed by atoms with Crippen LogP contribution in [0.15, 0.2) is 73.1 Å². The number of anilines is 1. The van der Waals surface area contributed by atoms with Crippen molar-refractivity contribution in [2.24, 2.45) is 0 Å². The molecule has 2 N–H and O–H groups in total. The average Bonchev–Trinajstić information content (AvgIpc) is 3.39. The third kappa shape index (κ3) is 3.48. The van der Waals surface area contributed by atoms with Gasteiger partial charge in [-0.25, -0.2) is 9.97 Å². The largest absolute Gasteiger partial charge is 0.454 e. The lowest BCUT2D eigenvalue weighted by molar-refractivity contribution is 0.174. The lowest BCUT2D eigenvalue weighted by Gasteiger charge is -2.12. The highest BCUT2D eigenvalue weighted by Crippen LogP contribution is 2.33. The summed E-state index contributed by atoms with van der Waals surface area (Å²) >= 11 is 5.52. The van der Waals surface area contributed by atoms with Crippen molar-refractivity contribution in [1.82, 2.24) is 25.3 Å². The van der Waals surface area contributed by atoms with E-state index in [4.69, 9.17) is 31.7 Å². The van der Waals surface area contributed by atoms with E-state index in [1.165, 1.54) is 0 Å². The van der Waals surface area contributed by atoms with Crippen molar-refractivity contribution in [2.75, 3.05) is 12.1 Å². The molecule has 0 unspecified atom stereocenters. The molecule has 9 heteroatoms. The van der Waals surface area contributed by atoms with Crippen molar-refractivity contribution in [2.45, 2.75) is 6.54 Å². The molecule has 0 saturated carbocycles. The zero-order chi connectivity index (χ0) is 24.1. The number of hydrogen-bond donors (Lipinski definition) is 2. The van der Waals surface area contributed by atoms with Gasteiger partial charge in [-0.15, -0.1) is 0 Å². The Bertz CT molecular complexity index is 1840. The van der Waals surface area contributed by atoms with Crippen LogP contribution in [-0.4, -0.2) is 31.8 Å². The van der Waals surface area contributed by atoms with Crippen molar-refractivity contribution >= 4 is 66.9 Å². The zero-order valence-corrected chi connectivity index (χ0v) is 19.7. The van der Waals surface area contributed by atoms with Gasteiger partial charge in [0, 0.05) is 35.4 Å². The Kier molecular flexibility index (Phi) is 4.74. The fourth-order valence-corrected chi connectivity index (χ4v) is 4.68. The molecule has 0 fully saturated rings. The van der Waals surface area contributed by atoms with Crippen LogP contribution in [0, 0.1) is 0 Å². The van der Waals surface area contributed by atoms with E-state index in [1.807, 2.05) is 60.7 Å². The molecule has 1 aliphatic rings. The summed E-state index contributed by atoms with van der Waals surface area (Å²) in [7, 11) is 0. The Morgan fingerprint density at radius 1 is 0.778 bits per heavy atom. The monoisotopic (exact) mass is 490 g/mol. The summed E-state index contributed by atoms with van der Waals surface area (Å²) in [4.78, 5) is 19.1. The van der Waals surface area contributed by atoms with Crippen LogP contribution in [0.5, 0.6) is 11.5 Å². The van der Waals surface area contributed by atoms with E-state index in [0.29, 0.717) is 11.7 Å². The van der Waals surface area contributed by atoms with Crippen molar-refractivity contribution in [1.29, 1.82) is 0 Å². The number of rotatable bonds is 3. The summed E-state index contributed by atoms with van der Waals surface area (Å²) in [6.07, 6.45) is 3.55. The van der Waals surface area contributed by atoms with Crippen molar-refractivity contribution in [3.05, 3.63) is 78.6 Å². The van der Waals surface area contributed by atoms with E-state index in [9.17, 15) is 0 Å². The quantitative estimate of drug-likeness (QED) is 0.200. The van der Waals surface area contributed by atoms with Gasteiger partial charge < -0.3 is 20.1 Å². The molecule has 174 valence electrons. The van der Waals surface area contributed by atoms with Gasteiger partial charge in [0.05, 0.1) is 22.1 Å². The number of nitrogens with one attached hydrogen (secondary N) is 2. The number of pyridine rings is 2. The van der Waals surface area contributed by atoms with Crippen molar-refractivity contribution < 1.29 is 9.47 Å². The van der Waals surface area contributed by atoms with Gasteiger partial charge in [-0.1, -0.05) is 18.2 Å². The molecule has 0 radical (unpaired) electrons. The van der Waals surface area contributed by atoms with Crippen LogP contribution < -0.4 is 20.1 Å². The maximum Gasteiger partial charge on any atom is 0.231 e. The number of nitrogens with zero attached hydrogens (tertiary/aromatic N) is 4. The molecule has 3 aromatic carbocycles. The van der Waals surface area contributed by atoms with Crippen LogP contribution in [0.4, 0.5) is 5.69 Å². The minimum atomic E-state index is 0.255. The molecule has 36 heavy (non-hydrogen) atoms. The fraction of sp³-hybridized carbons (Fsp3) is 0.0741. The normalized spacial score (nSPS) is 12.4. The molecule has 0 atom stereocenters. The van der Waals surface area contributed by atoms with E-state index in [2.05, 4.69) is 20.6 Å². The van der Waals surface area contributed by atoms with Crippen LogP contribution in [-0.2, 0) is 6.54 Å². The van der Waals surface area contributed by atoms with Gasteiger partial charge in [0.2, 0.25) is 6.79 Å².